The second-order valence-corrected chi connectivity index (χ2v) is 7.86. The minimum atomic E-state index is -3.85. The molecule has 10 heteroatoms. The molecule has 2 rings (SSSR count). The second-order valence-electron chi connectivity index (χ2n) is 5.92. The summed E-state index contributed by atoms with van der Waals surface area (Å²) in [7, 11) is -2.72. The number of nitrogens with zero attached hydrogens (tertiary/aromatic N) is 1. The molecular weight excluding hydrogens is 367 g/mol. The van der Waals surface area contributed by atoms with E-state index in [1.807, 2.05) is 0 Å². The number of ether oxygens (including phenoxy) is 1. The highest BCUT2D eigenvalue weighted by molar-refractivity contribution is 7.89. The average molecular weight is 388 g/mol. The van der Waals surface area contributed by atoms with Crippen molar-refractivity contribution in [3.63, 3.8) is 0 Å². The highest BCUT2D eigenvalue weighted by atomic mass is 32.2. The number of benzene rings is 1. The van der Waals surface area contributed by atoms with Gasteiger partial charge in [-0.3, -0.25) is 4.79 Å². The fourth-order valence-electron chi connectivity index (χ4n) is 2.74. The van der Waals surface area contributed by atoms with Crippen LogP contribution in [0.15, 0.2) is 29.2 Å². The third-order valence-corrected chi connectivity index (χ3v) is 6.07. The molecule has 1 aliphatic heterocycles. The number of carbonyl (C=O) groups excluding carboxylic acids is 2. The largest absolute Gasteiger partial charge is 0.467 e. The number of hydrogen-bond donors (Lipinski definition) is 2. The lowest BCUT2D eigenvalue weighted by molar-refractivity contribution is -0.146. The molecule has 1 amide bonds. The predicted octanol–water partition coefficient (Wildman–Crippen LogP) is -0.124. The van der Waals surface area contributed by atoms with Gasteiger partial charge in [0.1, 0.15) is 5.82 Å². The van der Waals surface area contributed by atoms with Crippen molar-refractivity contribution < 1.29 is 32.2 Å². The van der Waals surface area contributed by atoms with Crippen LogP contribution in [0.25, 0.3) is 0 Å². The molecule has 2 N–H and O–H groups in total. The number of hydrogen-bond acceptors (Lipinski definition) is 6. The molecule has 0 bridgehead atoms. The van der Waals surface area contributed by atoms with Crippen molar-refractivity contribution in [1.82, 2.24) is 9.62 Å². The topological polar surface area (TPSA) is 113 Å². The first-order chi connectivity index (χ1) is 12.3. The van der Waals surface area contributed by atoms with Crippen LogP contribution < -0.4 is 5.32 Å². The van der Waals surface area contributed by atoms with E-state index in [2.05, 4.69) is 10.1 Å². The molecule has 1 aromatic carbocycles. The van der Waals surface area contributed by atoms with Crippen LogP contribution in [-0.2, 0) is 24.3 Å². The highest BCUT2D eigenvalue weighted by Gasteiger charge is 2.34. The summed E-state index contributed by atoms with van der Waals surface area (Å²) in [5, 5.41) is 11.5. The number of piperidine rings is 1. The van der Waals surface area contributed by atoms with E-state index in [4.69, 9.17) is 0 Å². The van der Waals surface area contributed by atoms with Gasteiger partial charge in [0.25, 0.3) is 0 Å². The van der Waals surface area contributed by atoms with Crippen molar-refractivity contribution in [1.29, 1.82) is 0 Å². The lowest BCUT2D eigenvalue weighted by atomic mass is 9.98. The lowest BCUT2D eigenvalue weighted by Crippen LogP contribution is -2.50. The summed E-state index contributed by atoms with van der Waals surface area (Å²) in [6, 6.07) is 3.27. The van der Waals surface area contributed by atoms with Crippen molar-refractivity contribution in [2.24, 2.45) is 5.92 Å². The predicted molar refractivity (Wildman–Crippen MR) is 88.9 cm³/mol. The molecule has 0 unspecified atom stereocenters. The van der Waals surface area contributed by atoms with Gasteiger partial charge in [-0.05, 0) is 37.1 Å². The summed E-state index contributed by atoms with van der Waals surface area (Å²) < 4.78 is 44.0. The first kappa shape index (κ1) is 20.3. The Bertz CT molecular complexity index is 753. The molecule has 1 saturated heterocycles. The standard InChI is InChI=1S/C16H21FN2O6S/c1-25-16(22)14(10-20)18-15(21)11-3-2-8-19(9-11)26(23,24)13-6-4-12(17)5-7-13/h4-7,11,14,20H,2-3,8-10H2,1H3,(H,18,21)/t11-,14-/m0/s1. The number of esters is 1. The molecule has 2 atom stereocenters. The van der Waals surface area contributed by atoms with Crippen molar-refractivity contribution in [2.75, 3.05) is 26.8 Å². The van der Waals surface area contributed by atoms with E-state index in [-0.39, 0.29) is 18.0 Å². The van der Waals surface area contributed by atoms with Crippen LogP contribution in [0.1, 0.15) is 12.8 Å². The van der Waals surface area contributed by atoms with Gasteiger partial charge < -0.3 is 15.2 Å². The SMILES string of the molecule is COC(=O)[C@H](CO)NC(=O)[C@H]1CCCN(S(=O)(=O)c2ccc(F)cc2)C1. The number of aliphatic hydroxyl groups is 1. The minimum Gasteiger partial charge on any atom is -0.467 e. The molecule has 144 valence electrons. The zero-order valence-electron chi connectivity index (χ0n) is 14.2. The van der Waals surface area contributed by atoms with Gasteiger partial charge in [-0.2, -0.15) is 4.31 Å². The molecule has 1 heterocycles. The minimum absolute atomic E-state index is 0.0530. The molecule has 1 aromatic rings. The van der Waals surface area contributed by atoms with E-state index in [0.29, 0.717) is 12.8 Å². The molecule has 0 saturated carbocycles. The quantitative estimate of drug-likeness (QED) is 0.657. The summed E-state index contributed by atoms with van der Waals surface area (Å²) >= 11 is 0. The molecule has 1 fully saturated rings. The summed E-state index contributed by atoms with van der Waals surface area (Å²) in [4.78, 5) is 23.8. The number of nitrogens with one attached hydrogen (secondary N) is 1. The molecule has 0 aromatic heterocycles. The number of carbonyl (C=O) groups is 2. The molecule has 0 aliphatic carbocycles. The van der Waals surface area contributed by atoms with Gasteiger partial charge >= 0.3 is 5.97 Å². The highest BCUT2D eigenvalue weighted by Crippen LogP contribution is 2.24. The maximum atomic E-state index is 13.0. The second kappa shape index (κ2) is 8.56. The lowest BCUT2D eigenvalue weighted by Gasteiger charge is -2.31. The van der Waals surface area contributed by atoms with Crippen LogP contribution in [0, 0.1) is 11.7 Å². The maximum absolute atomic E-state index is 13.0. The van der Waals surface area contributed by atoms with Gasteiger partial charge in [-0.15, -0.1) is 0 Å². The normalized spacial score (nSPS) is 19.6. The van der Waals surface area contributed by atoms with Crippen LogP contribution in [0.5, 0.6) is 0 Å². The van der Waals surface area contributed by atoms with E-state index in [0.717, 1.165) is 19.2 Å². The Labute approximate surface area is 151 Å². The van der Waals surface area contributed by atoms with Crippen molar-refractivity contribution in [3.05, 3.63) is 30.1 Å². The van der Waals surface area contributed by atoms with Crippen LogP contribution in [0.2, 0.25) is 0 Å². The van der Waals surface area contributed by atoms with Crippen LogP contribution >= 0.6 is 0 Å². The Morgan fingerprint density at radius 3 is 2.62 bits per heavy atom. The Kier molecular flexibility index (Phi) is 6.68. The van der Waals surface area contributed by atoms with E-state index in [1.165, 1.54) is 16.4 Å². The molecular formula is C16H21FN2O6S. The van der Waals surface area contributed by atoms with Gasteiger partial charge in [0.15, 0.2) is 6.04 Å². The first-order valence-corrected chi connectivity index (χ1v) is 9.48. The van der Waals surface area contributed by atoms with Crippen LogP contribution in [0.3, 0.4) is 0 Å². The Balaban J connectivity index is 2.09. The van der Waals surface area contributed by atoms with Crippen molar-refractivity contribution in [3.8, 4) is 0 Å². The van der Waals surface area contributed by atoms with Crippen LogP contribution in [-0.4, -0.2) is 62.6 Å². The summed E-state index contributed by atoms with van der Waals surface area (Å²) in [6.45, 7) is -0.447. The summed E-state index contributed by atoms with van der Waals surface area (Å²) in [6.07, 6.45) is 0.904. The fraction of sp³-hybridized carbons (Fsp3) is 0.500. The third kappa shape index (κ3) is 4.57. The molecule has 26 heavy (non-hydrogen) atoms. The molecule has 0 radical (unpaired) electrons. The average Bonchev–Trinajstić information content (AvgIpc) is 2.65. The Morgan fingerprint density at radius 1 is 1.38 bits per heavy atom. The number of halogens is 1. The van der Waals surface area contributed by atoms with Crippen LogP contribution in [0.4, 0.5) is 4.39 Å². The van der Waals surface area contributed by atoms with E-state index in [1.54, 1.807) is 0 Å². The number of aliphatic hydroxyl groups excluding tert-OH is 1. The zero-order chi connectivity index (χ0) is 19.3. The fourth-order valence-corrected chi connectivity index (χ4v) is 4.27. The molecule has 1 aliphatic rings. The van der Waals surface area contributed by atoms with Gasteiger partial charge in [-0.1, -0.05) is 0 Å². The van der Waals surface area contributed by atoms with E-state index < -0.39 is 46.3 Å². The zero-order valence-corrected chi connectivity index (χ0v) is 15.0. The smallest absolute Gasteiger partial charge is 0.330 e. The maximum Gasteiger partial charge on any atom is 0.330 e. The third-order valence-electron chi connectivity index (χ3n) is 4.19. The molecule has 8 nitrogen and oxygen atoms in total. The van der Waals surface area contributed by atoms with Gasteiger partial charge in [0.2, 0.25) is 15.9 Å². The summed E-state index contributed by atoms with van der Waals surface area (Å²) in [5.41, 5.74) is 0. The van der Waals surface area contributed by atoms with Gasteiger partial charge in [0.05, 0.1) is 24.5 Å². The monoisotopic (exact) mass is 388 g/mol. The van der Waals surface area contributed by atoms with Gasteiger partial charge in [-0.25, -0.2) is 17.6 Å². The molecule has 0 spiro atoms. The Morgan fingerprint density at radius 2 is 2.04 bits per heavy atom. The van der Waals surface area contributed by atoms with E-state index >= 15 is 0 Å². The number of sulfonamides is 1. The first-order valence-electron chi connectivity index (χ1n) is 8.04. The number of rotatable bonds is 6. The van der Waals surface area contributed by atoms with Crippen molar-refractivity contribution in [2.45, 2.75) is 23.8 Å². The summed E-state index contributed by atoms with van der Waals surface area (Å²) in [5.74, 6) is -2.53. The number of methoxy groups -OCH3 is 1. The van der Waals surface area contributed by atoms with E-state index in [9.17, 15) is 27.5 Å². The van der Waals surface area contributed by atoms with Gasteiger partial charge in [0, 0.05) is 13.1 Å². The van der Waals surface area contributed by atoms with Crippen molar-refractivity contribution >= 4 is 21.9 Å². The number of amides is 1. The Hall–Kier alpha value is -2.04.